The summed E-state index contributed by atoms with van der Waals surface area (Å²) in [6, 6.07) is 9.37. The summed E-state index contributed by atoms with van der Waals surface area (Å²) in [6.45, 7) is 0.105. The molecule has 2 rings (SSSR count). The zero-order valence-electron chi connectivity index (χ0n) is 17.8. The molecule has 33 heavy (non-hydrogen) atoms. The summed E-state index contributed by atoms with van der Waals surface area (Å²) in [5, 5.41) is 12.2. The average Bonchev–Trinajstić information content (AvgIpc) is 2.75. The van der Waals surface area contributed by atoms with Gasteiger partial charge < -0.3 is 15.2 Å². The first-order chi connectivity index (χ1) is 15.3. The van der Waals surface area contributed by atoms with Gasteiger partial charge in [-0.1, -0.05) is 18.2 Å². The number of rotatable bonds is 10. The number of nitrogens with zero attached hydrogens (tertiary/aromatic N) is 1. The highest BCUT2D eigenvalue weighted by atomic mass is 32.2. The van der Waals surface area contributed by atoms with E-state index < -0.39 is 46.9 Å². The number of carbonyl (C=O) groups is 2. The summed E-state index contributed by atoms with van der Waals surface area (Å²) in [7, 11) is -2.80. The highest BCUT2D eigenvalue weighted by Gasteiger charge is 2.30. The van der Waals surface area contributed by atoms with Gasteiger partial charge in [-0.3, -0.25) is 9.59 Å². The Morgan fingerprint density at radius 2 is 1.79 bits per heavy atom. The van der Waals surface area contributed by atoms with Crippen LogP contribution in [0.1, 0.15) is 22.8 Å². The number of hydrogen-bond donors (Lipinski definition) is 2. The van der Waals surface area contributed by atoms with Crippen molar-refractivity contribution in [3.8, 4) is 5.75 Å². The average molecular weight is 488 g/mol. The topological polar surface area (TPSA) is 113 Å². The van der Waals surface area contributed by atoms with Crippen LogP contribution in [0.3, 0.4) is 0 Å². The lowest BCUT2D eigenvalue weighted by atomic mass is 10.2. The maximum absolute atomic E-state index is 12.7. The molecule has 2 aromatic rings. The van der Waals surface area contributed by atoms with Gasteiger partial charge in [-0.2, -0.15) is 17.5 Å². The molecule has 0 aliphatic carbocycles. The Kier molecular flexibility index (Phi) is 8.58. The molecule has 0 aliphatic rings. The number of nitrogens with one attached hydrogen (secondary N) is 1. The monoisotopic (exact) mass is 488 g/mol. The highest BCUT2D eigenvalue weighted by molar-refractivity contribution is 7.89. The number of ketones is 1. The summed E-state index contributed by atoms with van der Waals surface area (Å²) in [5.41, 5.74) is -0.557. The lowest BCUT2D eigenvalue weighted by molar-refractivity contribution is -0.137. The van der Waals surface area contributed by atoms with Crippen LogP contribution in [0.4, 0.5) is 13.2 Å². The van der Waals surface area contributed by atoms with Crippen LogP contribution in [0, 0.1) is 0 Å². The SMILES string of the molecule is CC(=O)c1ccc(S(=O)(=O)N(C)CC(=O)NCC(O)COc2cccc(C(F)(F)F)c2)cc1. The van der Waals surface area contributed by atoms with Gasteiger partial charge in [-0.15, -0.1) is 0 Å². The number of amides is 1. The van der Waals surface area contributed by atoms with Crippen molar-refractivity contribution in [2.24, 2.45) is 0 Å². The number of sulfonamides is 1. The molecule has 2 N–H and O–H groups in total. The predicted octanol–water partition coefficient (Wildman–Crippen LogP) is 2.08. The van der Waals surface area contributed by atoms with Crippen LogP contribution in [0.2, 0.25) is 0 Å². The Morgan fingerprint density at radius 1 is 1.15 bits per heavy atom. The second kappa shape index (κ2) is 10.8. The molecule has 0 saturated carbocycles. The van der Waals surface area contributed by atoms with Crippen molar-refractivity contribution in [1.82, 2.24) is 9.62 Å². The molecule has 0 aliphatic heterocycles. The van der Waals surface area contributed by atoms with Crippen molar-refractivity contribution in [3.63, 3.8) is 0 Å². The predicted molar refractivity (Wildman–Crippen MR) is 112 cm³/mol. The molecule has 0 spiro atoms. The molecular weight excluding hydrogens is 465 g/mol. The van der Waals surface area contributed by atoms with Gasteiger partial charge in [0.1, 0.15) is 18.5 Å². The number of alkyl halides is 3. The van der Waals surface area contributed by atoms with E-state index in [0.717, 1.165) is 22.5 Å². The van der Waals surface area contributed by atoms with Gasteiger partial charge in [-0.05, 0) is 37.3 Å². The van der Waals surface area contributed by atoms with Gasteiger partial charge in [0, 0.05) is 19.2 Å². The second-order valence-corrected chi connectivity index (χ2v) is 9.18. The first kappa shape index (κ1) is 26.3. The molecule has 0 heterocycles. The minimum atomic E-state index is -4.53. The third kappa shape index (κ3) is 7.55. The summed E-state index contributed by atoms with van der Waals surface area (Å²) in [6.07, 6.45) is -5.78. The van der Waals surface area contributed by atoms with Gasteiger partial charge in [0.05, 0.1) is 17.0 Å². The van der Waals surface area contributed by atoms with Crippen molar-refractivity contribution >= 4 is 21.7 Å². The smallest absolute Gasteiger partial charge is 0.416 e. The fourth-order valence-corrected chi connectivity index (χ4v) is 3.76. The van der Waals surface area contributed by atoms with Crippen LogP contribution < -0.4 is 10.1 Å². The minimum absolute atomic E-state index is 0.0997. The maximum Gasteiger partial charge on any atom is 0.416 e. The first-order valence-electron chi connectivity index (χ1n) is 9.63. The van der Waals surface area contributed by atoms with Gasteiger partial charge in [0.2, 0.25) is 15.9 Å². The Balaban J connectivity index is 1.84. The number of aliphatic hydroxyl groups is 1. The Labute approximate surface area is 189 Å². The zero-order valence-corrected chi connectivity index (χ0v) is 18.6. The summed E-state index contributed by atoms with van der Waals surface area (Å²) in [4.78, 5) is 23.3. The van der Waals surface area contributed by atoms with Gasteiger partial charge in [0.15, 0.2) is 5.78 Å². The molecule has 2 aromatic carbocycles. The van der Waals surface area contributed by atoms with Gasteiger partial charge in [-0.25, -0.2) is 8.42 Å². The minimum Gasteiger partial charge on any atom is -0.491 e. The van der Waals surface area contributed by atoms with E-state index in [2.05, 4.69) is 5.32 Å². The van der Waals surface area contributed by atoms with E-state index in [1.165, 1.54) is 44.3 Å². The molecule has 180 valence electrons. The van der Waals surface area contributed by atoms with Crippen LogP contribution in [-0.2, 0) is 21.0 Å². The number of halogens is 3. The standard InChI is InChI=1S/C21H23F3N2O6S/c1-14(27)15-6-8-19(9-7-15)33(30,31)26(2)12-20(29)25-11-17(28)13-32-18-5-3-4-16(10-18)21(22,23)24/h3-10,17,28H,11-13H2,1-2H3,(H,25,29). The van der Waals surface area contributed by atoms with Crippen molar-refractivity contribution in [2.75, 3.05) is 26.7 Å². The maximum atomic E-state index is 12.7. The summed E-state index contributed by atoms with van der Waals surface area (Å²) in [5.74, 6) is -1.03. The quantitative estimate of drug-likeness (QED) is 0.496. The molecule has 1 unspecified atom stereocenters. The summed E-state index contributed by atoms with van der Waals surface area (Å²) < 4.78 is 69.2. The molecule has 1 amide bonds. The Bertz CT molecular complexity index is 1090. The van der Waals surface area contributed by atoms with Crippen LogP contribution in [0.5, 0.6) is 5.75 Å². The third-order valence-electron chi connectivity index (χ3n) is 4.47. The highest BCUT2D eigenvalue weighted by Crippen LogP contribution is 2.31. The van der Waals surface area contributed by atoms with E-state index in [1.807, 2.05) is 0 Å². The van der Waals surface area contributed by atoms with E-state index in [-0.39, 0.29) is 23.0 Å². The normalized spacial score (nSPS) is 12.9. The molecular formula is C21H23F3N2O6S. The van der Waals surface area contributed by atoms with Crippen LogP contribution in [0.25, 0.3) is 0 Å². The third-order valence-corrected chi connectivity index (χ3v) is 6.29. The molecule has 12 heteroatoms. The molecule has 8 nitrogen and oxygen atoms in total. The molecule has 0 saturated heterocycles. The van der Waals surface area contributed by atoms with Crippen molar-refractivity contribution in [2.45, 2.75) is 24.1 Å². The number of ether oxygens (including phenoxy) is 1. The van der Waals surface area contributed by atoms with Crippen molar-refractivity contribution < 1.29 is 41.0 Å². The fourth-order valence-electron chi connectivity index (χ4n) is 2.63. The van der Waals surface area contributed by atoms with E-state index in [1.54, 1.807) is 0 Å². The Morgan fingerprint density at radius 3 is 2.36 bits per heavy atom. The number of aliphatic hydroxyl groups excluding tert-OH is 1. The number of carbonyl (C=O) groups excluding carboxylic acids is 2. The van der Waals surface area contributed by atoms with Gasteiger partial charge in [0.25, 0.3) is 0 Å². The molecule has 1 atom stereocenters. The van der Waals surface area contributed by atoms with E-state index in [0.29, 0.717) is 5.56 Å². The second-order valence-electron chi connectivity index (χ2n) is 7.14. The number of benzene rings is 2. The first-order valence-corrected chi connectivity index (χ1v) is 11.1. The number of likely N-dealkylation sites (N-methyl/N-ethyl adjacent to an activating group) is 1. The number of Topliss-reactive ketones (excluding diaryl/α,β-unsaturated/α-hetero) is 1. The fraction of sp³-hybridized carbons (Fsp3) is 0.333. The molecule has 0 fully saturated rings. The van der Waals surface area contributed by atoms with Crippen molar-refractivity contribution in [3.05, 3.63) is 59.7 Å². The largest absolute Gasteiger partial charge is 0.491 e. The lowest BCUT2D eigenvalue weighted by Gasteiger charge is -2.18. The zero-order chi connectivity index (χ0) is 24.8. The van der Waals surface area contributed by atoms with Crippen LogP contribution >= 0.6 is 0 Å². The van der Waals surface area contributed by atoms with E-state index in [9.17, 15) is 36.3 Å². The van der Waals surface area contributed by atoms with Crippen LogP contribution in [-0.4, -0.2) is 62.4 Å². The number of hydrogen-bond acceptors (Lipinski definition) is 6. The summed E-state index contributed by atoms with van der Waals surface area (Å²) >= 11 is 0. The molecule has 0 radical (unpaired) electrons. The van der Waals surface area contributed by atoms with E-state index in [4.69, 9.17) is 4.74 Å². The lowest BCUT2D eigenvalue weighted by Crippen LogP contribution is -2.42. The van der Waals surface area contributed by atoms with Crippen LogP contribution in [0.15, 0.2) is 53.4 Å². The molecule has 0 aromatic heterocycles. The van der Waals surface area contributed by atoms with Crippen molar-refractivity contribution in [1.29, 1.82) is 0 Å². The molecule has 0 bridgehead atoms. The van der Waals surface area contributed by atoms with Gasteiger partial charge >= 0.3 is 6.18 Å². The van der Waals surface area contributed by atoms with E-state index >= 15 is 0 Å². The Hall–Kier alpha value is -2.96.